The van der Waals surface area contributed by atoms with Gasteiger partial charge in [-0.05, 0) is 20.9 Å². The topological polar surface area (TPSA) is 56.6 Å². The van der Waals surface area contributed by atoms with Crippen molar-refractivity contribution in [2.75, 3.05) is 33.4 Å². The van der Waals surface area contributed by atoms with Gasteiger partial charge >= 0.3 is 0 Å². The SMILES string of the molecule is CC(CC#N)N(C)C(C)C(=O)N1CCOCC1. The van der Waals surface area contributed by atoms with Crippen molar-refractivity contribution in [3.63, 3.8) is 0 Å². The summed E-state index contributed by atoms with van der Waals surface area (Å²) in [7, 11) is 1.89. The molecular formula is C12H21N3O2. The van der Waals surface area contributed by atoms with Gasteiger partial charge in [0.05, 0.1) is 31.7 Å². The van der Waals surface area contributed by atoms with Crippen molar-refractivity contribution in [2.24, 2.45) is 0 Å². The van der Waals surface area contributed by atoms with Crippen molar-refractivity contribution >= 4 is 5.91 Å². The summed E-state index contributed by atoms with van der Waals surface area (Å²) in [4.78, 5) is 16.0. The van der Waals surface area contributed by atoms with E-state index in [1.807, 2.05) is 30.7 Å². The summed E-state index contributed by atoms with van der Waals surface area (Å²) in [5.74, 6) is 0.126. The van der Waals surface area contributed by atoms with Crippen molar-refractivity contribution in [1.29, 1.82) is 5.26 Å². The van der Waals surface area contributed by atoms with Gasteiger partial charge in [0.25, 0.3) is 0 Å². The summed E-state index contributed by atoms with van der Waals surface area (Å²) >= 11 is 0. The van der Waals surface area contributed by atoms with Crippen LogP contribution in [0.1, 0.15) is 20.3 Å². The van der Waals surface area contributed by atoms with Gasteiger partial charge in [-0.15, -0.1) is 0 Å². The summed E-state index contributed by atoms with van der Waals surface area (Å²) in [5.41, 5.74) is 0. The highest BCUT2D eigenvalue weighted by molar-refractivity contribution is 5.81. The van der Waals surface area contributed by atoms with Crippen LogP contribution in [-0.2, 0) is 9.53 Å². The number of amides is 1. The largest absolute Gasteiger partial charge is 0.378 e. The predicted octanol–water partition coefficient (Wildman–Crippen LogP) is 0.468. The first-order valence-corrected chi connectivity index (χ1v) is 6.03. The zero-order valence-corrected chi connectivity index (χ0v) is 10.8. The molecule has 0 aliphatic carbocycles. The number of ether oxygens (including phenoxy) is 1. The van der Waals surface area contributed by atoms with E-state index in [2.05, 4.69) is 6.07 Å². The number of hydrogen-bond donors (Lipinski definition) is 0. The molecule has 1 amide bonds. The van der Waals surface area contributed by atoms with Gasteiger partial charge < -0.3 is 9.64 Å². The maximum atomic E-state index is 12.2. The highest BCUT2D eigenvalue weighted by Crippen LogP contribution is 2.10. The third-order valence-electron chi connectivity index (χ3n) is 3.37. The van der Waals surface area contributed by atoms with Crippen molar-refractivity contribution in [1.82, 2.24) is 9.80 Å². The van der Waals surface area contributed by atoms with Crippen LogP contribution >= 0.6 is 0 Å². The molecule has 0 spiro atoms. The van der Waals surface area contributed by atoms with E-state index in [4.69, 9.17) is 10.00 Å². The molecule has 5 nitrogen and oxygen atoms in total. The number of rotatable bonds is 4. The minimum Gasteiger partial charge on any atom is -0.378 e. The van der Waals surface area contributed by atoms with Crippen LogP contribution in [0.15, 0.2) is 0 Å². The Kier molecular flexibility index (Phi) is 5.39. The van der Waals surface area contributed by atoms with Crippen molar-refractivity contribution in [3.05, 3.63) is 0 Å². The highest BCUT2D eigenvalue weighted by atomic mass is 16.5. The molecule has 2 atom stereocenters. The molecule has 1 saturated heterocycles. The highest BCUT2D eigenvalue weighted by Gasteiger charge is 2.27. The van der Waals surface area contributed by atoms with Crippen LogP contribution in [0.25, 0.3) is 0 Å². The van der Waals surface area contributed by atoms with E-state index in [0.29, 0.717) is 32.7 Å². The molecule has 0 radical (unpaired) electrons. The summed E-state index contributed by atoms with van der Waals surface area (Å²) in [5, 5.41) is 8.67. The minimum absolute atomic E-state index is 0.0972. The third-order valence-corrected chi connectivity index (χ3v) is 3.37. The van der Waals surface area contributed by atoms with E-state index in [1.54, 1.807) is 0 Å². The Hall–Kier alpha value is -1.12. The number of nitriles is 1. The van der Waals surface area contributed by atoms with E-state index in [1.165, 1.54) is 0 Å². The summed E-state index contributed by atoms with van der Waals surface area (Å²) < 4.78 is 5.23. The molecule has 1 aliphatic heterocycles. The second kappa shape index (κ2) is 6.58. The molecule has 0 bridgehead atoms. The van der Waals surface area contributed by atoms with Crippen LogP contribution in [0.4, 0.5) is 0 Å². The molecule has 1 rings (SSSR count). The van der Waals surface area contributed by atoms with Gasteiger partial charge in [-0.25, -0.2) is 0 Å². The lowest BCUT2D eigenvalue weighted by atomic mass is 10.1. The smallest absolute Gasteiger partial charge is 0.239 e. The van der Waals surface area contributed by atoms with Gasteiger partial charge in [-0.1, -0.05) is 0 Å². The number of carbonyl (C=O) groups is 1. The quantitative estimate of drug-likeness (QED) is 0.715. The Balaban J connectivity index is 2.52. The van der Waals surface area contributed by atoms with Gasteiger partial charge in [-0.2, -0.15) is 5.26 Å². The first-order valence-electron chi connectivity index (χ1n) is 6.03. The molecule has 1 fully saturated rings. The molecule has 1 aliphatic rings. The lowest BCUT2D eigenvalue weighted by Crippen LogP contribution is -2.51. The molecule has 0 aromatic rings. The van der Waals surface area contributed by atoms with Crippen LogP contribution in [0.3, 0.4) is 0 Å². The van der Waals surface area contributed by atoms with Gasteiger partial charge in [0.1, 0.15) is 0 Å². The first kappa shape index (κ1) is 13.9. The average molecular weight is 239 g/mol. The Morgan fingerprint density at radius 2 is 2.06 bits per heavy atom. The second-order valence-corrected chi connectivity index (χ2v) is 4.49. The molecule has 0 saturated carbocycles. The van der Waals surface area contributed by atoms with E-state index in [0.717, 1.165) is 0 Å². The fourth-order valence-corrected chi connectivity index (χ4v) is 1.88. The fraction of sp³-hybridized carbons (Fsp3) is 0.833. The number of hydrogen-bond acceptors (Lipinski definition) is 4. The maximum absolute atomic E-state index is 12.2. The van der Waals surface area contributed by atoms with Crippen LogP contribution in [0.5, 0.6) is 0 Å². The molecule has 5 heteroatoms. The monoisotopic (exact) mass is 239 g/mol. The molecule has 2 unspecified atom stereocenters. The Morgan fingerprint density at radius 1 is 1.47 bits per heavy atom. The molecule has 0 N–H and O–H groups in total. The summed E-state index contributed by atoms with van der Waals surface area (Å²) in [6.07, 6.45) is 0.442. The lowest BCUT2D eigenvalue weighted by molar-refractivity contribution is -0.140. The van der Waals surface area contributed by atoms with Crippen LogP contribution < -0.4 is 0 Å². The van der Waals surface area contributed by atoms with Gasteiger partial charge in [-0.3, -0.25) is 9.69 Å². The average Bonchev–Trinajstić information content (AvgIpc) is 2.37. The van der Waals surface area contributed by atoms with E-state index >= 15 is 0 Å². The molecule has 17 heavy (non-hydrogen) atoms. The minimum atomic E-state index is -0.184. The summed E-state index contributed by atoms with van der Waals surface area (Å²) in [6, 6.07) is 2.05. The van der Waals surface area contributed by atoms with E-state index < -0.39 is 0 Å². The number of nitrogens with zero attached hydrogens (tertiary/aromatic N) is 3. The fourth-order valence-electron chi connectivity index (χ4n) is 1.88. The van der Waals surface area contributed by atoms with E-state index in [9.17, 15) is 4.79 Å². The second-order valence-electron chi connectivity index (χ2n) is 4.49. The van der Waals surface area contributed by atoms with Crippen LogP contribution in [0, 0.1) is 11.3 Å². The predicted molar refractivity (Wildman–Crippen MR) is 64.3 cm³/mol. The molecule has 0 aromatic heterocycles. The van der Waals surface area contributed by atoms with Crippen LogP contribution in [0.2, 0.25) is 0 Å². The normalized spacial score (nSPS) is 19.8. The zero-order valence-electron chi connectivity index (χ0n) is 10.8. The summed E-state index contributed by atoms with van der Waals surface area (Å²) in [6.45, 7) is 6.44. The maximum Gasteiger partial charge on any atom is 0.239 e. The van der Waals surface area contributed by atoms with Crippen LogP contribution in [-0.4, -0.2) is 61.1 Å². The first-order chi connectivity index (χ1) is 8.07. The Bertz CT molecular complexity index is 295. The number of morpholine rings is 1. The zero-order chi connectivity index (χ0) is 12.8. The third kappa shape index (κ3) is 3.69. The molecule has 1 heterocycles. The van der Waals surface area contributed by atoms with Crippen molar-refractivity contribution in [3.8, 4) is 6.07 Å². The van der Waals surface area contributed by atoms with Crippen molar-refractivity contribution < 1.29 is 9.53 Å². The molecular weight excluding hydrogens is 218 g/mol. The number of likely N-dealkylation sites (N-methyl/N-ethyl adjacent to an activating group) is 1. The van der Waals surface area contributed by atoms with Gasteiger partial charge in [0.2, 0.25) is 5.91 Å². The lowest BCUT2D eigenvalue weighted by Gasteiger charge is -2.34. The Morgan fingerprint density at radius 3 is 2.59 bits per heavy atom. The van der Waals surface area contributed by atoms with Crippen molar-refractivity contribution in [2.45, 2.75) is 32.4 Å². The van der Waals surface area contributed by atoms with Gasteiger partial charge in [0, 0.05) is 19.1 Å². The Labute approximate surface area is 103 Å². The standard InChI is InChI=1S/C12H21N3O2/c1-10(4-5-13)14(3)11(2)12(16)15-6-8-17-9-7-15/h10-11H,4,6-9H2,1-3H3. The number of carbonyl (C=O) groups excluding carboxylic acids is 1. The van der Waals surface area contributed by atoms with E-state index in [-0.39, 0.29) is 18.0 Å². The van der Waals surface area contributed by atoms with Gasteiger partial charge in [0.15, 0.2) is 0 Å². The molecule has 96 valence electrons. The molecule has 0 aromatic carbocycles.